The van der Waals surface area contributed by atoms with E-state index in [0.717, 1.165) is 11.3 Å². The summed E-state index contributed by atoms with van der Waals surface area (Å²) in [6, 6.07) is 5.64. The van der Waals surface area contributed by atoms with Crippen LogP contribution in [0.4, 0.5) is 0 Å². The molecule has 0 fully saturated rings. The highest BCUT2D eigenvalue weighted by atomic mass is 35.5. The number of nitrogens with zero attached hydrogens (tertiary/aromatic N) is 2. The average Bonchev–Trinajstić information content (AvgIpc) is 2.71. The smallest absolute Gasteiger partial charge is 0.0992 e. The Morgan fingerprint density at radius 3 is 2.93 bits per heavy atom. The van der Waals surface area contributed by atoms with Gasteiger partial charge >= 0.3 is 0 Å². The fourth-order valence-corrected chi connectivity index (χ4v) is 1.65. The second-order valence-electron chi connectivity index (χ2n) is 3.07. The second kappa shape index (κ2) is 4.44. The molecule has 0 amide bonds. The van der Waals surface area contributed by atoms with Gasteiger partial charge in [0, 0.05) is 12.4 Å². The van der Waals surface area contributed by atoms with E-state index in [1.54, 1.807) is 12.5 Å². The Hall–Kier alpha value is -1.36. The van der Waals surface area contributed by atoms with Crippen LogP contribution in [0.25, 0.3) is 5.69 Å². The number of halogens is 1. The summed E-state index contributed by atoms with van der Waals surface area (Å²) in [5.41, 5.74) is 1.82. The van der Waals surface area contributed by atoms with Crippen LogP contribution >= 0.6 is 11.6 Å². The van der Waals surface area contributed by atoms with Crippen molar-refractivity contribution in [2.24, 2.45) is 5.90 Å². The molecule has 0 spiro atoms. The van der Waals surface area contributed by atoms with Crippen molar-refractivity contribution in [3.05, 3.63) is 47.5 Å². The summed E-state index contributed by atoms with van der Waals surface area (Å²) < 4.78 is 1.84. The second-order valence-corrected chi connectivity index (χ2v) is 3.47. The molecule has 0 saturated carbocycles. The third-order valence-corrected chi connectivity index (χ3v) is 2.35. The molecule has 0 saturated heterocycles. The van der Waals surface area contributed by atoms with E-state index in [4.69, 9.17) is 17.5 Å². The topological polar surface area (TPSA) is 53.1 Å². The Morgan fingerprint density at radius 1 is 1.47 bits per heavy atom. The first kappa shape index (κ1) is 10.2. The van der Waals surface area contributed by atoms with Gasteiger partial charge in [-0.25, -0.2) is 10.9 Å². The van der Waals surface area contributed by atoms with Crippen LogP contribution in [0.5, 0.6) is 0 Å². The summed E-state index contributed by atoms with van der Waals surface area (Å²) in [6.07, 6.45) is 5.23. The molecule has 2 rings (SSSR count). The van der Waals surface area contributed by atoms with Gasteiger partial charge in [-0.2, -0.15) is 0 Å². The summed E-state index contributed by atoms with van der Waals surface area (Å²) in [6.45, 7) is 0.351. The van der Waals surface area contributed by atoms with Crippen LogP contribution in [-0.2, 0) is 11.4 Å². The maximum Gasteiger partial charge on any atom is 0.0992 e. The van der Waals surface area contributed by atoms with Crippen molar-refractivity contribution in [3.8, 4) is 5.69 Å². The standard InChI is InChI=1S/C10H10ClN3O/c11-9-5-8(6-15-12)1-2-10(9)14-4-3-13-7-14/h1-5,7H,6,12H2. The van der Waals surface area contributed by atoms with Crippen LogP contribution in [0, 0.1) is 0 Å². The number of rotatable bonds is 3. The fraction of sp³-hybridized carbons (Fsp3) is 0.100. The van der Waals surface area contributed by atoms with Crippen LogP contribution in [0.1, 0.15) is 5.56 Å². The van der Waals surface area contributed by atoms with Crippen molar-refractivity contribution in [2.75, 3.05) is 0 Å². The molecule has 2 aromatic rings. The van der Waals surface area contributed by atoms with Crippen LogP contribution in [0.2, 0.25) is 5.02 Å². The van der Waals surface area contributed by atoms with Gasteiger partial charge in [0.1, 0.15) is 0 Å². The zero-order chi connectivity index (χ0) is 10.7. The van der Waals surface area contributed by atoms with E-state index in [1.165, 1.54) is 0 Å². The minimum atomic E-state index is 0.351. The van der Waals surface area contributed by atoms with Gasteiger partial charge in [-0.3, -0.25) is 4.84 Å². The molecule has 15 heavy (non-hydrogen) atoms. The summed E-state index contributed by atoms with van der Waals surface area (Å²) in [4.78, 5) is 8.49. The SMILES string of the molecule is NOCc1ccc(-n2ccnc2)c(Cl)c1. The molecule has 1 aromatic heterocycles. The molecule has 0 bridgehead atoms. The summed E-state index contributed by atoms with van der Waals surface area (Å²) in [5, 5.41) is 0.641. The zero-order valence-electron chi connectivity index (χ0n) is 7.93. The Bertz CT molecular complexity index is 442. The van der Waals surface area contributed by atoms with E-state index in [2.05, 4.69) is 9.82 Å². The van der Waals surface area contributed by atoms with Crippen LogP contribution in [0.15, 0.2) is 36.9 Å². The van der Waals surface area contributed by atoms with Gasteiger partial charge in [0.15, 0.2) is 0 Å². The fourth-order valence-electron chi connectivity index (χ4n) is 1.35. The lowest BCUT2D eigenvalue weighted by atomic mass is 10.2. The average molecular weight is 224 g/mol. The maximum absolute atomic E-state index is 6.11. The molecule has 0 aliphatic heterocycles. The van der Waals surface area contributed by atoms with Gasteiger partial charge in [0.25, 0.3) is 0 Å². The van der Waals surface area contributed by atoms with Crippen molar-refractivity contribution < 1.29 is 4.84 Å². The normalized spacial score (nSPS) is 10.5. The lowest BCUT2D eigenvalue weighted by molar-refractivity contribution is 0.124. The molecule has 1 aromatic carbocycles. The van der Waals surface area contributed by atoms with Crippen molar-refractivity contribution in [1.29, 1.82) is 0 Å². The van der Waals surface area contributed by atoms with E-state index in [-0.39, 0.29) is 0 Å². The molecule has 1 heterocycles. The first-order valence-electron chi connectivity index (χ1n) is 4.39. The Kier molecular flexibility index (Phi) is 3.01. The molecule has 5 heteroatoms. The minimum Gasteiger partial charge on any atom is -0.305 e. The first-order valence-corrected chi connectivity index (χ1v) is 4.77. The van der Waals surface area contributed by atoms with Gasteiger partial charge < -0.3 is 4.57 Å². The molecule has 2 N–H and O–H groups in total. The van der Waals surface area contributed by atoms with E-state index >= 15 is 0 Å². The van der Waals surface area contributed by atoms with E-state index in [1.807, 2.05) is 29.0 Å². The quantitative estimate of drug-likeness (QED) is 0.809. The minimum absolute atomic E-state index is 0.351. The number of aromatic nitrogens is 2. The zero-order valence-corrected chi connectivity index (χ0v) is 8.69. The number of nitrogens with two attached hydrogens (primary N) is 1. The predicted octanol–water partition coefficient (Wildman–Crippen LogP) is 1.92. The van der Waals surface area contributed by atoms with Crippen molar-refractivity contribution >= 4 is 11.6 Å². The molecule has 0 atom stereocenters. The summed E-state index contributed by atoms with van der Waals surface area (Å²) >= 11 is 6.11. The van der Waals surface area contributed by atoms with Crippen molar-refractivity contribution in [2.45, 2.75) is 6.61 Å². The van der Waals surface area contributed by atoms with Crippen LogP contribution < -0.4 is 5.90 Å². The molecular weight excluding hydrogens is 214 g/mol. The van der Waals surface area contributed by atoms with E-state index < -0.39 is 0 Å². The predicted molar refractivity (Wildman–Crippen MR) is 57.6 cm³/mol. The highest BCUT2D eigenvalue weighted by molar-refractivity contribution is 6.32. The molecular formula is C10H10ClN3O. The highest BCUT2D eigenvalue weighted by Crippen LogP contribution is 2.21. The Labute approximate surface area is 92.2 Å². The number of hydrogen-bond donors (Lipinski definition) is 1. The van der Waals surface area contributed by atoms with Gasteiger partial charge in [0.2, 0.25) is 0 Å². The monoisotopic (exact) mass is 223 g/mol. The van der Waals surface area contributed by atoms with Gasteiger partial charge in [-0.1, -0.05) is 17.7 Å². The third kappa shape index (κ3) is 2.18. The summed E-state index contributed by atoms with van der Waals surface area (Å²) in [7, 11) is 0. The Balaban J connectivity index is 2.35. The van der Waals surface area contributed by atoms with Crippen molar-refractivity contribution in [1.82, 2.24) is 9.55 Å². The lowest BCUT2D eigenvalue weighted by Crippen LogP contribution is -1.99. The number of imidazole rings is 1. The van der Waals surface area contributed by atoms with E-state index in [9.17, 15) is 0 Å². The van der Waals surface area contributed by atoms with Gasteiger partial charge in [-0.05, 0) is 17.7 Å². The van der Waals surface area contributed by atoms with Crippen molar-refractivity contribution in [3.63, 3.8) is 0 Å². The van der Waals surface area contributed by atoms with E-state index in [0.29, 0.717) is 11.6 Å². The maximum atomic E-state index is 6.11. The van der Waals surface area contributed by atoms with Crippen LogP contribution in [0.3, 0.4) is 0 Å². The number of benzene rings is 1. The van der Waals surface area contributed by atoms with Gasteiger partial charge in [0.05, 0.1) is 23.6 Å². The molecule has 0 unspecified atom stereocenters. The molecule has 0 aliphatic carbocycles. The largest absolute Gasteiger partial charge is 0.305 e. The first-order chi connectivity index (χ1) is 7.31. The van der Waals surface area contributed by atoms with Gasteiger partial charge in [-0.15, -0.1) is 0 Å². The highest BCUT2D eigenvalue weighted by Gasteiger charge is 2.03. The molecule has 78 valence electrons. The molecule has 0 radical (unpaired) electrons. The lowest BCUT2D eigenvalue weighted by Gasteiger charge is -2.06. The Morgan fingerprint density at radius 2 is 2.33 bits per heavy atom. The third-order valence-electron chi connectivity index (χ3n) is 2.04. The van der Waals surface area contributed by atoms with Crippen LogP contribution in [-0.4, -0.2) is 9.55 Å². The molecule has 0 aliphatic rings. The molecule has 4 nitrogen and oxygen atoms in total. The number of hydrogen-bond acceptors (Lipinski definition) is 3. The summed E-state index contributed by atoms with van der Waals surface area (Å²) in [5.74, 6) is 4.98.